The first-order valence-electron chi connectivity index (χ1n) is 9.13. The van der Waals surface area contributed by atoms with E-state index in [1.807, 2.05) is 53.5 Å². The highest BCUT2D eigenvalue weighted by Gasteiger charge is 2.15. The summed E-state index contributed by atoms with van der Waals surface area (Å²) in [5.41, 5.74) is 4.20. The Hall–Kier alpha value is -3.99. The van der Waals surface area contributed by atoms with Gasteiger partial charge in [0.2, 0.25) is 0 Å². The minimum atomic E-state index is 0.852. The van der Waals surface area contributed by atoms with Crippen LogP contribution in [-0.2, 0) is 0 Å². The third-order valence-electron chi connectivity index (χ3n) is 5.12. The maximum absolute atomic E-state index is 4.63. The summed E-state index contributed by atoms with van der Waals surface area (Å²) in [6.07, 6.45) is 5.45. The largest absolute Gasteiger partial charge is 0.294 e. The molecule has 0 aliphatic rings. The van der Waals surface area contributed by atoms with Gasteiger partial charge < -0.3 is 0 Å². The number of fused-ring (bicyclic) bond motifs is 4. The van der Waals surface area contributed by atoms with E-state index in [0.717, 1.165) is 33.7 Å². The van der Waals surface area contributed by atoms with Crippen molar-refractivity contribution in [1.29, 1.82) is 0 Å². The number of aromatic nitrogens is 5. The average molecular weight is 361 g/mol. The maximum Gasteiger partial charge on any atom is 0.138 e. The monoisotopic (exact) mass is 361 g/mol. The van der Waals surface area contributed by atoms with Crippen molar-refractivity contribution in [3.05, 3.63) is 91.5 Å². The fourth-order valence-electron chi connectivity index (χ4n) is 3.88. The zero-order chi connectivity index (χ0) is 18.5. The van der Waals surface area contributed by atoms with Crippen LogP contribution in [0.4, 0.5) is 0 Å². The molecule has 0 aliphatic carbocycles. The standard InChI is InChI=1S/C23H15N5/c1-2-8-19-16(7-1)17-13-18-21(27(15-26-18)22-9-3-5-11-24-22)14-20(17)28(19)23-10-4-6-12-25-23/h1-15H. The number of hydrogen-bond acceptors (Lipinski definition) is 3. The van der Waals surface area contributed by atoms with E-state index in [2.05, 4.69) is 55.9 Å². The minimum Gasteiger partial charge on any atom is -0.294 e. The maximum atomic E-state index is 4.63. The first-order chi connectivity index (χ1) is 13.9. The molecule has 0 radical (unpaired) electrons. The molecule has 0 saturated heterocycles. The molecule has 6 rings (SSSR count). The molecule has 28 heavy (non-hydrogen) atoms. The van der Waals surface area contributed by atoms with Crippen molar-refractivity contribution < 1.29 is 0 Å². The smallest absolute Gasteiger partial charge is 0.138 e. The topological polar surface area (TPSA) is 48.5 Å². The Balaban J connectivity index is 1.76. The van der Waals surface area contributed by atoms with E-state index in [4.69, 9.17) is 0 Å². The van der Waals surface area contributed by atoms with Crippen LogP contribution in [-0.4, -0.2) is 24.1 Å². The summed E-state index contributed by atoms with van der Waals surface area (Å²) in [6, 6.07) is 24.6. The Kier molecular flexibility index (Phi) is 3.10. The van der Waals surface area contributed by atoms with Crippen molar-refractivity contribution in [2.45, 2.75) is 0 Å². The Morgan fingerprint density at radius 3 is 2.11 bits per heavy atom. The summed E-state index contributed by atoms with van der Waals surface area (Å²) in [6.45, 7) is 0. The van der Waals surface area contributed by atoms with Crippen LogP contribution in [0.5, 0.6) is 0 Å². The van der Waals surface area contributed by atoms with E-state index in [1.54, 1.807) is 6.20 Å². The third kappa shape index (κ3) is 2.10. The van der Waals surface area contributed by atoms with Crippen molar-refractivity contribution in [1.82, 2.24) is 24.1 Å². The molecular formula is C23H15N5. The van der Waals surface area contributed by atoms with Crippen LogP contribution in [0.3, 0.4) is 0 Å². The van der Waals surface area contributed by atoms with Gasteiger partial charge >= 0.3 is 0 Å². The number of pyridine rings is 2. The summed E-state index contributed by atoms with van der Waals surface area (Å²) in [7, 11) is 0. The second-order valence-electron chi connectivity index (χ2n) is 6.70. The molecule has 0 atom stereocenters. The van der Waals surface area contributed by atoms with Gasteiger partial charge in [-0.15, -0.1) is 0 Å². The van der Waals surface area contributed by atoms with Gasteiger partial charge in [0, 0.05) is 23.2 Å². The van der Waals surface area contributed by atoms with E-state index < -0.39 is 0 Å². The number of benzene rings is 2. The second-order valence-corrected chi connectivity index (χ2v) is 6.70. The van der Waals surface area contributed by atoms with E-state index in [-0.39, 0.29) is 0 Å². The molecule has 0 fully saturated rings. The summed E-state index contributed by atoms with van der Waals surface area (Å²) in [5, 5.41) is 2.36. The van der Waals surface area contributed by atoms with Gasteiger partial charge in [-0.05, 0) is 42.5 Å². The van der Waals surface area contributed by atoms with Crippen LogP contribution in [0.1, 0.15) is 0 Å². The zero-order valence-electron chi connectivity index (χ0n) is 14.9. The fourth-order valence-corrected chi connectivity index (χ4v) is 3.88. The van der Waals surface area contributed by atoms with Gasteiger partial charge in [-0.2, -0.15) is 0 Å². The molecule has 5 heteroatoms. The Morgan fingerprint density at radius 2 is 1.32 bits per heavy atom. The van der Waals surface area contributed by atoms with Crippen molar-refractivity contribution in [2.24, 2.45) is 0 Å². The summed E-state index contributed by atoms with van der Waals surface area (Å²) < 4.78 is 4.23. The molecule has 0 unspecified atom stereocenters. The lowest BCUT2D eigenvalue weighted by atomic mass is 10.1. The molecule has 0 aliphatic heterocycles. The average Bonchev–Trinajstić information content (AvgIpc) is 3.32. The Bertz CT molecular complexity index is 1450. The first kappa shape index (κ1) is 15.1. The van der Waals surface area contributed by atoms with Gasteiger partial charge in [0.25, 0.3) is 0 Å². The van der Waals surface area contributed by atoms with Gasteiger partial charge in [0.15, 0.2) is 0 Å². The minimum absolute atomic E-state index is 0.852. The highest BCUT2D eigenvalue weighted by Crippen LogP contribution is 2.34. The van der Waals surface area contributed by atoms with Gasteiger partial charge in [0.05, 0.1) is 22.1 Å². The lowest BCUT2D eigenvalue weighted by Gasteiger charge is -2.07. The normalized spacial score (nSPS) is 11.6. The molecule has 0 bridgehead atoms. The van der Waals surface area contributed by atoms with Crippen molar-refractivity contribution in [3.63, 3.8) is 0 Å². The fraction of sp³-hybridized carbons (Fsp3) is 0. The number of imidazole rings is 1. The summed E-state index contributed by atoms with van der Waals surface area (Å²) >= 11 is 0. The predicted octanol–water partition coefficient (Wildman–Crippen LogP) is 4.91. The highest BCUT2D eigenvalue weighted by atomic mass is 15.1. The third-order valence-corrected chi connectivity index (χ3v) is 5.12. The molecule has 4 heterocycles. The molecule has 0 amide bonds. The molecule has 2 aromatic carbocycles. The van der Waals surface area contributed by atoms with Crippen LogP contribution in [0.2, 0.25) is 0 Å². The van der Waals surface area contributed by atoms with Crippen LogP contribution in [0, 0.1) is 0 Å². The quantitative estimate of drug-likeness (QED) is 0.440. The molecule has 0 spiro atoms. The van der Waals surface area contributed by atoms with E-state index in [0.29, 0.717) is 0 Å². The molecule has 0 saturated carbocycles. The second kappa shape index (κ2) is 5.76. The van der Waals surface area contributed by atoms with E-state index >= 15 is 0 Å². The Morgan fingerprint density at radius 1 is 0.571 bits per heavy atom. The van der Waals surface area contributed by atoms with Crippen LogP contribution < -0.4 is 0 Å². The highest BCUT2D eigenvalue weighted by molar-refractivity contribution is 6.12. The van der Waals surface area contributed by atoms with Gasteiger partial charge in [0.1, 0.15) is 18.0 Å². The van der Waals surface area contributed by atoms with Gasteiger partial charge in [-0.3, -0.25) is 9.13 Å². The molecule has 0 N–H and O–H groups in total. The van der Waals surface area contributed by atoms with Crippen LogP contribution >= 0.6 is 0 Å². The number of hydrogen-bond donors (Lipinski definition) is 0. The van der Waals surface area contributed by atoms with Crippen LogP contribution in [0.25, 0.3) is 44.5 Å². The molecular weight excluding hydrogens is 346 g/mol. The van der Waals surface area contributed by atoms with Crippen LogP contribution in [0.15, 0.2) is 91.5 Å². The SMILES string of the molecule is c1ccc(-n2cnc3cc4c5ccccc5n(-c5ccccn5)c4cc32)nc1. The van der Waals surface area contributed by atoms with Gasteiger partial charge in [-0.1, -0.05) is 30.3 Å². The lowest BCUT2D eigenvalue weighted by Crippen LogP contribution is -1.97. The molecule has 6 aromatic rings. The van der Waals surface area contributed by atoms with Crippen molar-refractivity contribution in [2.75, 3.05) is 0 Å². The van der Waals surface area contributed by atoms with E-state index in [1.165, 1.54) is 10.8 Å². The summed E-state index contributed by atoms with van der Waals surface area (Å²) in [4.78, 5) is 13.7. The van der Waals surface area contributed by atoms with Crippen molar-refractivity contribution in [3.8, 4) is 11.6 Å². The van der Waals surface area contributed by atoms with Gasteiger partial charge in [-0.25, -0.2) is 15.0 Å². The lowest BCUT2D eigenvalue weighted by molar-refractivity contribution is 1.02. The predicted molar refractivity (Wildman–Crippen MR) is 111 cm³/mol. The molecule has 5 nitrogen and oxygen atoms in total. The van der Waals surface area contributed by atoms with Crippen molar-refractivity contribution >= 4 is 32.8 Å². The number of para-hydroxylation sites is 1. The molecule has 4 aromatic heterocycles. The number of nitrogens with zero attached hydrogens (tertiary/aromatic N) is 5. The first-order valence-corrected chi connectivity index (χ1v) is 9.13. The molecule has 132 valence electrons. The Labute approximate surface area is 160 Å². The zero-order valence-corrected chi connectivity index (χ0v) is 14.9. The number of rotatable bonds is 2. The summed E-state index contributed by atoms with van der Waals surface area (Å²) in [5.74, 6) is 1.75. The van der Waals surface area contributed by atoms with E-state index in [9.17, 15) is 0 Å².